The van der Waals surface area contributed by atoms with Crippen LogP contribution in [0.3, 0.4) is 0 Å². The number of nitrogens with one attached hydrogen (secondary N) is 2. The number of urea groups is 1. The number of anilines is 1. The third kappa shape index (κ3) is 3.49. The predicted molar refractivity (Wildman–Crippen MR) is 63.8 cm³/mol. The first-order valence-corrected chi connectivity index (χ1v) is 5.00. The van der Waals surface area contributed by atoms with Crippen molar-refractivity contribution in [2.45, 2.75) is 13.0 Å². The fourth-order valence-corrected chi connectivity index (χ4v) is 1.15. The molecule has 0 saturated carbocycles. The van der Waals surface area contributed by atoms with Gasteiger partial charge in [-0.2, -0.15) is 0 Å². The molecule has 0 aliphatic heterocycles. The van der Waals surface area contributed by atoms with Gasteiger partial charge in [0.15, 0.2) is 0 Å². The van der Waals surface area contributed by atoms with Gasteiger partial charge in [-0.3, -0.25) is 0 Å². The second-order valence-corrected chi connectivity index (χ2v) is 3.49. The molecule has 5 nitrogen and oxygen atoms in total. The Morgan fingerprint density at radius 1 is 1.50 bits per heavy atom. The average Bonchev–Trinajstić information content (AvgIpc) is 2.31. The Bertz CT molecular complexity index is 523. The van der Waals surface area contributed by atoms with E-state index in [2.05, 4.69) is 16.6 Å². The maximum atomic E-state index is 13.4. The van der Waals surface area contributed by atoms with Crippen molar-refractivity contribution in [1.82, 2.24) is 5.32 Å². The number of terminal acetylenes is 1. The van der Waals surface area contributed by atoms with Gasteiger partial charge in [-0.15, -0.1) is 6.42 Å². The van der Waals surface area contributed by atoms with Crippen LogP contribution in [0.15, 0.2) is 18.2 Å². The molecule has 18 heavy (non-hydrogen) atoms. The fraction of sp³-hybridized carbons (Fsp3) is 0.167. The molecule has 1 aromatic carbocycles. The topological polar surface area (TPSA) is 78.4 Å². The highest BCUT2D eigenvalue weighted by molar-refractivity contribution is 5.92. The lowest BCUT2D eigenvalue weighted by Gasteiger charge is -2.10. The van der Waals surface area contributed by atoms with Crippen molar-refractivity contribution in [2.75, 3.05) is 5.32 Å². The molecule has 3 N–H and O–H groups in total. The molecule has 1 rings (SSSR count). The van der Waals surface area contributed by atoms with E-state index in [1.807, 2.05) is 0 Å². The molecule has 0 bridgehead atoms. The number of carbonyl (C=O) groups excluding carboxylic acids is 1. The summed E-state index contributed by atoms with van der Waals surface area (Å²) in [5.74, 6) is 0.197. The number of amides is 2. The predicted octanol–water partition coefficient (Wildman–Crippen LogP) is 1.67. The summed E-state index contributed by atoms with van der Waals surface area (Å²) in [5, 5.41) is 13.2. The van der Waals surface area contributed by atoms with E-state index in [-0.39, 0.29) is 11.3 Å². The number of benzene rings is 1. The van der Waals surface area contributed by atoms with Crippen LogP contribution in [0.4, 0.5) is 14.9 Å². The molecule has 2 amide bonds. The summed E-state index contributed by atoms with van der Waals surface area (Å²) in [4.78, 5) is 21.9. The molecule has 0 aromatic heterocycles. The van der Waals surface area contributed by atoms with E-state index in [4.69, 9.17) is 11.5 Å². The monoisotopic (exact) mass is 250 g/mol. The molecule has 0 heterocycles. The number of halogens is 1. The third-order valence-electron chi connectivity index (χ3n) is 2.06. The van der Waals surface area contributed by atoms with Gasteiger partial charge in [0.2, 0.25) is 0 Å². The second kappa shape index (κ2) is 5.68. The molecular weight excluding hydrogens is 239 g/mol. The lowest BCUT2D eigenvalue weighted by atomic mass is 10.2. The lowest BCUT2D eigenvalue weighted by Crippen LogP contribution is -2.35. The van der Waals surface area contributed by atoms with Crippen LogP contribution in [0.1, 0.15) is 17.3 Å². The molecule has 0 radical (unpaired) electrons. The van der Waals surface area contributed by atoms with Crippen LogP contribution < -0.4 is 10.6 Å². The summed E-state index contributed by atoms with van der Waals surface area (Å²) in [6.07, 6.45) is 5.06. The Morgan fingerprint density at radius 3 is 2.67 bits per heavy atom. The molecule has 0 aliphatic rings. The Hall–Kier alpha value is -2.55. The van der Waals surface area contributed by atoms with Gasteiger partial charge in [0, 0.05) is 0 Å². The van der Waals surface area contributed by atoms with Crippen LogP contribution in [0.2, 0.25) is 0 Å². The molecule has 6 heteroatoms. The first-order valence-electron chi connectivity index (χ1n) is 5.00. The Kier molecular flexibility index (Phi) is 4.27. The van der Waals surface area contributed by atoms with Gasteiger partial charge in [-0.05, 0) is 25.1 Å². The molecule has 1 atom stereocenters. The standard InChI is InChI=1S/C12H11FN2O3/c1-3-7(2)14-12(18)15-10-5-4-8(11(16)17)6-9(10)13/h1,4-7H,2H3,(H,16,17)(H2,14,15,18). The van der Waals surface area contributed by atoms with Crippen LogP contribution in [0.5, 0.6) is 0 Å². The van der Waals surface area contributed by atoms with Crippen LogP contribution in [0, 0.1) is 18.2 Å². The van der Waals surface area contributed by atoms with E-state index in [9.17, 15) is 14.0 Å². The van der Waals surface area contributed by atoms with E-state index in [0.29, 0.717) is 0 Å². The number of aromatic carboxylic acids is 1. The van der Waals surface area contributed by atoms with Crippen LogP contribution in [0.25, 0.3) is 0 Å². The molecule has 0 spiro atoms. The highest BCUT2D eigenvalue weighted by Crippen LogP contribution is 2.15. The van der Waals surface area contributed by atoms with E-state index in [1.165, 1.54) is 12.1 Å². The minimum Gasteiger partial charge on any atom is -0.478 e. The fourth-order valence-electron chi connectivity index (χ4n) is 1.15. The highest BCUT2D eigenvalue weighted by atomic mass is 19.1. The number of carboxylic acid groups (broad SMARTS) is 1. The van der Waals surface area contributed by atoms with Gasteiger partial charge in [-0.25, -0.2) is 14.0 Å². The van der Waals surface area contributed by atoms with Gasteiger partial charge < -0.3 is 15.7 Å². The van der Waals surface area contributed by atoms with Gasteiger partial charge >= 0.3 is 12.0 Å². The van der Waals surface area contributed by atoms with Gasteiger partial charge in [0.1, 0.15) is 5.82 Å². The molecule has 0 saturated heterocycles. The maximum absolute atomic E-state index is 13.4. The summed E-state index contributed by atoms with van der Waals surface area (Å²) in [7, 11) is 0. The summed E-state index contributed by atoms with van der Waals surface area (Å²) >= 11 is 0. The minimum atomic E-state index is -1.24. The Morgan fingerprint density at radius 2 is 2.17 bits per heavy atom. The van der Waals surface area contributed by atoms with Gasteiger partial charge in [-0.1, -0.05) is 5.92 Å². The Balaban J connectivity index is 2.77. The molecule has 1 aromatic rings. The van der Waals surface area contributed by atoms with Crippen LogP contribution in [-0.4, -0.2) is 23.1 Å². The lowest BCUT2D eigenvalue weighted by molar-refractivity contribution is 0.0696. The van der Waals surface area contributed by atoms with Gasteiger partial charge in [0.05, 0.1) is 17.3 Å². The first-order chi connectivity index (χ1) is 8.43. The van der Waals surface area contributed by atoms with Crippen molar-refractivity contribution < 1.29 is 19.1 Å². The summed E-state index contributed by atoms with van der Waals surface area (Å²) in [6, 6.07) is 2.02. The van der Waals surface area contributed by atoms with Crippen molar-refractivity contribution in [3.8, 4) is 12.3 Å². The van der Waals surface area contributed by atoms with Gasteiger partial charge in [0.25, 0.3) is 0 Å². The maximum Gasteiger partial charge on any atom is 0.335 e. The van der Waals surface area contributed by atoms with Crippen molar-refractivity contribution in [2.24, 2.45) is 0 Å². The number of hydrogen-bond acceptors (Lipinski definition) is 2. The number of carboxylic acids is 1. The summed E-state index contributed by atoms with van der Waals surface area (Å²) in [5.41, 5.74) is -0.322. The zero-order chi connectivity index (χ0) is 13.7. The third-order valence-corrected chi connectivity index (χ3v) is 2.06. The summed E-state index contributed by atoms with van der Waals surface area (Å²) < 4.78 is 13.4. The minimum absolute atomic E-state index is 0.123. The largest absolute Gasteiger partial charge is 0.478 e. The van der Waals surface area contributed by atoms with Crippen molar-refractivity contribution >= 4 is 17.7 Å². The average molecular weight is 250 g/mol. The number of carbonyl (C=O) groups is 2. The Labute approximate surface area is 103 Å². The van der Waals surface area contributed by atoms with Crippen LogP contribution >= 0.6 is 0 Å². The highest BCUT2D eigenvalue weighted by Gasteiger charge is 2.11. The molecule has 1 unspecified atom stereocenters. The first kappa shape index (κ1) is 13.5. The van der Waals surface area contributed by atoms with E-state index in [1.54, 1.807) is 6.92 Å². The molecule has 94 valence electrons. The molecular formula is C12H11FN2O3. The summed E-state index contributed by atoms with van der Waals surface area (Å²) in [6.45, 7) is 1.59. The van der Waals surface area contributed by atoms with Crippen molar-refractivity contribution in [3.05, 3.63) is 29.6 Å². The SMILES string of the molecule is C#CC(C)NC(=O)Nc1ccc(C(=O)O)cc1F. The van der Waals surface area contributed by atoms with Crippen molar-refractivity contribution in [3.63, 3.8) is 0 Å². The second-order valence-electron chi connectivity index (χ2n) is 3.49. The number of rotatable bonds is 3. The molecule has 0 fully saturated rings. The number of hydrogen-bond donors (Lipinski definition) is 3. The van der Waals surface area contributed by atoms with E-state index < -0.39 is 23.9 Å². The van der Waals surface area contributed by atoms with Crippen LogP contribution in [-0.2, 0) is 0 Å². The van der Waals surface area contributed by atoms with E-state index >= 15 is 0 Å². The normalized spacial score (nSPS) is 11.2. The quantitative estimate of drug-likeness (QED) is 0.714. The van der Waals surface area contributed by atoms with E-state index in [0.717, 1.165) is 6.07 Å². The zero-order valence-corrected chi connectivity index (χ0v) is 9.53. The smallest absolute Gasteiger partial charge is 0.335 e. The van der Waals surface area contributed by atoms with Crippen molar-refractivity contribution in [1.29, 1.82) is 0 Å². The molecule has 0 aliphatic carbocycles. The zero-order valence-electron chi connectivity index (χ0n) is 9.53.